The number of carbonyl (C=O) groups excluding carboxylic acids is 1. The molecule has 2 rings (SSSR count). The summed E-state index contributed by atoms with van der Waals surface area (Å²) < 4.78 is 51.5. The third-order valence-corrected chi connectivity index (χ3v) is 2.86. The Hall–Kier alpha value is -2.44. The van der Waals surface area contributed by atoms with E-state index in [0.717, 1.165) is 4.90 Å². The van der Waals surface area contributed by atoms with E-state index in [4.69, 9.17) is 0 Å². The molecular weight excluding hydrogens is 288 g/mol. The maximum absolute atomic E-state index is 13.7. The van der Waals surface area contributed by atoms with Gasteiger partial charge in [0, 0.05) is 13.2 Å². The summed E-state index contributed by atoms with van der Waals surface area (Å²) in [7, 11) is 1.33. The zero-order valence-corrected chi connectivity index (χ0v) is 10.9. The van der Waals surface area contributed by atoms with Crippen molar-refractivity contribution in [2.75, 3.05) is 11.9 Å². The normalized spacial score (nSPS) is 11.3. The molecule has 21 heavy (non-hydrogen) atoms. The highest BCUT2D eigenvalue weighted by Crippen LogP contribution is 2.30. The number of aromatic nitrogens is 1. The van der Waals surface area contributed by atoms with Crippen LogP contribution >= 0.6 is 0 Å². The molecule has 1 heterocycles. The second-order valence-electron chi connectivity index (χ2n) is 4.27. The fraction of sp³-hybridized carbons (Fsp3) is 0.143. The number of alkyl halides is 3. The lowest BCUT2D eigenvalue weighted by Gasteiger charge is -2.18. The fourth-order valence-electron chi connectivity index (χ4n) is 1.72. The summed E-state index contributed by atoms with van der Waals surface area (Å²) in [4.78, 5) is 17.0. The Morgan fingerprint density at radius 2 is 1.95 bits per heavy atom. The van der Waals surface area contributed by atoms with Crippen molar-refractivity contribution in [2.24, 2.45) is 0 Å². The Bertz CT molecular complexity index is 656. The molecule has 3 nitrogen and oxygen atoms in total. The number of halogens is 4. The smallest absolute Gasteiger partial charge is 0.310 e. The molecule has 2 aromatic rings. The van der Waals surface area contributed by atoms with E-state index in [1.807, 2.05) is 0 Å². The van der Waals surface area contributed by atoms with Crippen LogP contribution in [0.5, 0.6) is 0 Å². The van der Waals surface area contributed by atoms with Crippen molar-refractivity contribution < 1.29 is 22.4 Å². The molecule has 0 fully saturated rings. The number of pyridine rings is 1. The van der Waals surface area contributed by atoms with Gasteiger partial charge in [-0.1, -0.05) is 0 Å². The van der Waals surface area contributed by atoms with Gasteiger partial charge in [-0.3, -0.25) is 9.78 Å². The van der Waals surface area contributed by atoms with Crippen LogP contribution in [0.15, 0.2) is 42.7 Å². The van der Waals surface area contributed by atoms with Crippen LogP contribution in [0.4, 0.5) is 23.2 Å². The summed E-state index contributed by atoms with van der Waals surface area (Å²) in [5.74, 6) is -1.89. The van der Waals surface area contributed by atoms with Gasteiger partial charge >= 0.3 is 6.18 Å². The maximum Gasteiger partial charge on any atom is 0.416 e. The Morgan fingerprint density at radius 1 is 1.24 bits per heavy atom. The molecule has 1 aromatic carbocycles. The number of hydrogen-bond donors (Lipinski definition) is 0. The second-order valence-corrected chi connectivity index (χ2v) is 4.27. The summed E-state index contributed by atoms with van der Waals surface area (Å²) in [6, 6.07) is 4.83. The minimum Gasteiger partial charge on any atom is -0.310 e. The molecule has 7 heteroatoms. The first-order valence-electron chi connectivity index (χ1n) is 5.85. The monoisotopic (exact) mass is 298 g/mol. The number of nitrogens with zero attached hydrogens (tertiary/aromatic N) is 2. The van der Waals surface area contributed by atoms with E-state index in [1.165, 1.54) is 25.5 Å². The summed E-state index contributed by atoms with van der Waals surface area (Å²) >= 11 is 0. The van der Waals surface area contributed by atoms with Crippen molar-refractivity contribution in [3.05, 3.63) is 59.7 Å². The van der Waals surface area contributed by atoms with Crippen molar-refractivity contribution in [1.82, 2.24) is 4.98 Å². The molecule has 110 valence electrons. The number of benzene rings is 1. The van der Waals surface area contributed by atoms with Gasteiger partial charge in [0.25, 0.3) is 5.91 Å². The first kappa shape index (κ1) is 15.0. The molecule has 1 amide bonds. The van der Waals surface area contributed by atoms with Crippen molar-refractivity contribution in [1.29, 1.82) is 0 Å². The Morgan fingerprint density at radius 3 is 2.52 bits per heavy atom. The van der Waals surface area contributed by atoms with Gasteiger partial charge in [0.05, 0.1) is 23.0 Å². The lowest BCUT2D eigenvalue weighted by molar-refractivity contribution is -0.137. The molecule has 0 unspecified atom stereocenters. The minimum absolute atomic E-state index is 0.347. The van der Waals surface area contributed by atoms with Gasteiger partial charge in [-0.25, -0.2) is 4.39 Å². The van der Waals surface area contributed by atoms with Crippen LogP contribution in [-0.4, -0.2) is 17.9 Å². The van der Waals surface area contributed by atoms with Crippen molar-refractivity contribution in [3.8, 4) is 0 Å². The summed E-state index contributed by atoms with van der Waals surface area (Å²) in [6.07, 6.45) is -1.81. The summed E-state index contributed by atoms with van der Waals surface area (Å²) in [5.41, 5.74) is -1.37. The van der Waals surface area contributed by atoms with Crippen molar-refractivity contribution in [3.63, 3.8) is 0 Å². The number of anilines is 1. The highest BCUT2D eigenvalue weighted by Gasteiger charge is 2.32. The second kappa shape index (κ2) is 5.51. The highest BCUT2D eigenvalue weighted by atomic mass is 19.4. The molecule has 0 N–H and O–H groups in total. The molecule has 0 aliphatic rings. The third-order valence-electron chi connectivity index (χ3n) is 2.86. The van der Waals surface area contributed by atoms with Crippen molar-refractivity contribution in [2.45, 2.75) is 6.18 Å². The predicted octanol–water partition coefficient (Wildman–Crippen LogP) is 3.52. The van der Waals surface area contributed by atoms with E-state index >= 15 is 0 Å². The predicted molar refractivity (Wildman–Crippen MR) is 68.4 cm³/mol. The fourth-order valence-corrected chi connectivity index (χ4v) is 1.72. The van der Waals surface area contributed by atoms with Gasteiger partial charge < -0.3 is 4.90 Å². The van der Waals surface area contributed by atoms with E-state index in [0.29, 0.717) is 23.9 Å². The first-order chi connectivity index (χ1) is 9.80. The van der Waals surface area contributed by atoms with Crippen LogP contribution in [0.25, 0.3) is 0 Å². The molecule has 0 atom stereocenters. The minimum atomic E-state index is -4.64. The van der Waals surface area contributed by atoms with Gasteiger partial charge in [0.15, 0.2) is 0 Å². The van der Waals surface area contributed by atoms with Gasteiger partial charge in [-0.15, -0.1) is 0 Å². The van der Waals surface area contributed by atoms with Crippen LogP contribution < -0.4 is 4.90 Å². The molecule has 0 aliphatic carbocycles. The number of amides is 1. The Labute approximate surface area is 117 Å². The van der Waals surface area contributed by atoms with Gasteiger partial charge in [0.2, 0.25) is 0 Å². The van der Waals surface area contributed by atoms with Gasteiger partial charge in [-0.05, 0) is 30.3 Å². The molecule has 1 aromatic heterocycles. The standard InChI is InChI=1S/C14H10F4N2O/c1-20(10-3-2-6-19-8-10)13(21)11-7-9(14(16,17)18)4-5-12(11)15/h2-8H,1H3. The zero-order chi connectivity index (χ0) is 15.6. The topological polar surface area (TPSA) is 33.2 Å². The number of rotatable bonds is 2. The van der Waals surface area contributed by atoms with Crippen LogP contribution in [-0.2, 0) is 6.18 Å². The average Bonchev–Trinajstić information content (AvgIpc) is 2.46. The quantitative estimate of drug-likeness (QED) is 0.795. The first-order valence-corrected chi connectivity index (χ1v) is 5.85. The van der Waals surface area contributed by atoms with E-state index in [9.17, 15) is 22.4 Å². The maximum atomic E-state index is 13.7. The molecular formula is C14H10F4N2O. The lowest BCUT2D eigenvalue weighted by atomic mass is 10.1. The van der Waals surface area contributed by atoms with Crippen LogP contribution in [0.2, 0.25) is 0 Å². The lowest BCUT2D eigenvalue weighted by Crippen LogP contribution is -2.27. The summed E-state index contributed by atoms with van der Waals surface area (Å²) in [5, 5.41) is 0. The van der Waals surface area contributed by atoms with Crippen LogP contribution in [0.1, 0.15) is 15.9 Å². The molecule has 0 saturated heterocycles. The van der Waals surface area contributed by atoms with E-state index in [1.54, 1.807) is 6.07 Å². The van der Waals surface area contributed by atoms with Crippen LogP contribution in [0, 0.1) is 5.82 Å². The SMILES string of the molecule is CN(C(=O)c1cc(C(F)(F)F)ccc1F)c1cccnc1. The molecule has 0 saturated carbocycles. The van der Waals surface area contributed by atoms with Gasteiger partial charge in [0.1, 0.15) is 5.82 Å². The van der Waals surface area contributed by atoms with E-state index in [-0.39, 0.29) is 0 Å². The van der Waals surface area contributed by atoms with Crippen LogP contribution in [0.3, 0.4) is 0 Å². The summed E-state index contributed by atoms with van der Waals surface area (Å²) in [6.45, 7) is 0. The Kier molecular flexibility index (Phi) is 3.93. The zero-order valence-electron chi connectivity index (χ0n) is 10.9. The average molecular weight is 298 g/mol. The molecule has 0 radical (unpaired) electrons. The number of hydrogen-bond acceptors (Lipinski definition) is 2. The largest absolute Gasteiger partial charge is 0.416 e. The number of carbonyl (C=O) groups is 1. The molecule has 0 aliphatic heterocycles. The highest BCUT2D eigenvalue weighted by molar-refractivity contribution is 6.05. The van der Waals surface area contributed by atoms with E-state index < -0.39 is 29.0 Å². The van der Waals surface area contributed by atoms with E-state index in [2.05, 4.69) is 4.98 Å². The molecule has 0 spiro atoms. The molecule has 0 bridgehead atoms. The van der Waals surface area contributed by atoms with Crippen molar-refractivity contribution >= 4 is 11.6 Å². The third kappa shape index (κ3) is 3.18. The van der Waals surface area contributed by atoms with Gasteiger partial charge in [-0.2, -0.15) is 13.2 Å². The Balaban J connectivity index is 2.39.